The van der Waals surface area contributed by atoms with Crippen LogP contribution in [-0.4, -0.2) is 29.2 Å². The summed E-state index contributed by atoms with van der Waals surface area (Å²) in [6, 6.07) is 13.9. The maximum atomic E-state index is 12.5. The Morgan fingerprint density at radius 3 is 2.15 bits per heavy atom. The van der Waals surface area contributed by atoms with Crippen LogP contribution < -0.4 is 5.32 Å². The molecule has 0 bridgehead atoms. The first-order valence-electron chi connectivity index (χ1n) is 8.54. The zero-order valence-corrected chi connectivity index (χ0v) is 14.7. The lowest BCUT2D eigenvalue weighted by Gasteiger charge is -2.21. The van der Waals surface area contributed by atoms with Crippen LogP contribution in [0.3, 0.4) is 0 Å². The molecule has 1 fully saturated rings. The van der Waals surface area contributed by atoms with Crippen LogP contribution >= 0.6 is 11.6 Å². The molecule has 1 N–H and O–H groups in total. The fourth-order valence-corrected chi connectivity index (χ4v) is 3.44. The molecule has 1 saturated carbocycles. The maximum absolute atomic E-state index is 12.5. The number of hydrogen-bond donors (Lipinski definition) is 1. The van der Waals surface area contributed by atoms with Crippen LogP contribution in [0, 0.1) is 5.92 Å². The number of nitrogens with one attached hydrogen (secondary N) is 1. The molecule has 3 amide bonds. The first kappa shape index (κ1) is 16.8. The fraction of sp³-hybridized carbons (Fsp3) is 0.250. The second-order valence-corrected chi connectivity index (χ2v) is 7.11. The number of fused-ring (bicyclic) bond motifs is 1. The van der Waals surface area contributed by atoms with E-state index in [1.807, 2.05) is 12.1 Å². The lowest BCUT2D eigenvalue weighted by Crippen LogP contribution is -2.42. The predicted octanol–water partition coefficient (Wildman–Crippen LogP) is 3.20. The van der Waals surface area contributed by atoms with Crippen LogP contribution in [0.1, 0.15) is 45.2 Å². The monoisotopic (exact) mass is 368 g/mol. The number of amides is 3. The number of nitrogens with zero attached hydrogens (tertiary/aromatic N) is 1. The van der Waals surface area contributed by atoms with Crippen LogP contribution in [0.25, 0.3) is 0 Å². The zero-order valence-electron chi connectivity index (χ0n) is 13.9. The Bertz CT molecular complexity index is 855. The molecule has 0 saturated heterocycles. The molecule has 1 unspecified atom stereocenters. The molecule has 1 aliphatic heterocycles. The van der Waals surface area contributed by atoms with Crippen LogP contribution in [0.15, 0.2) is 48.5 Å². The average Bonchev–Trinajstić information content (AvgIpc) is 3.46. The quantitative estimate of drug-likeness (QED) is 0.824. The number of carbonyl (C=O) groups is 3. The molecular weight excluding hydrogens is 352 g/mol. The summed E-state index contributed by atoms with van der Waals surface area (Å²) in [5.74, 6) is -0.806. The van der Waals surface area contributed by atoms with Crippen molar-refractivity contribution in [2.75, 3.05) is 6.54 Å². The summed E-state index contributed by atoms with van der Waals surface area (Å²) < 4.78 is 0. The van der Waals surface area contributed by atoms with E-state index >= 15 is 0 Å². The van der Waals surface area contributed by atoms with Crippen molar-refractivity contribution in [2.24, 2.45) is 5.92 Å². The first-order valence-corrected chi connectivity index (χ1v) is 8.92. The second-order valence-electron chi connectivity index (χ2n) is 6.68. The Kier molecular flexibility index (Phi) is 4.24. The van der Waals surface area contributed by atoms with E-state index in [9.17, 15) is 14.4 Å². The molecule has 1 atom stereocenters. The third kappa shape index (κ3) is 3.10. The van der Waals surface area contributed by atoms with Gasteiger partial charge in [0.05, 0.1) is 17.2 Å². The van der Waals surface area contributed by atoms with Crippen molar-refractivity contribution >= 4 is 29.3 Å². The highest BCUT2D eigenvalue weighted by atomic mass is 35.5. The number of benzene rings is 2. The molecule has 2 aromatic carbocycles. The molecule has 4 rings (SSSR count). The smallest absolute Gasteiger partial charge is 0.262 e. The van der Waals surface area contributed by atoms with Crippen molar-refractivity contribution in [1.82, 2.24) is 10.2 Å². The van der Waals surface area contributed by atoms with Crippen molar-refractivity contribution < 1.29 is 14.4 Å². The third-order valence-corrected chi connectivity index (χ3v) is 5.07. The van der Waals surface area contributed by atoms with E-state index in [1.165, 1.54) is 0 Å². The van der Waals surface area contributed by atoms with Gasteiger partial charge in [-0.15, -0.1) is 0 Å². The van der Waals surface area contributed by atoms with Crippen molar-refractivity contribution in [2.45, 2.75) is 18.9 Å². The highest BCUT2D eigenvalue weighted by Crippen LogP contribution is 2.41. The van der Waals surface area contributed by atoms with Crippen LogP contribution in [0.2, 0.25) is 5.02 Å². The largest absolute Gasteiger partial charge is 0.347 e. The third-order valence-electron chi connectivity index (χ3n) is 4.82. The molecule has 1 heterocycles. The van der Waals surface area contributed by atoms with E-state index in [4.69, 9.17) is 11.6 Å². The normalized spacial score (nSPS) is 17.2. The number of rotatable bonds is 5. The molecule has 132 valence electrons. The standard InChI is InChI=1S/C20H17ClN2O3/c21-14-9-7-13(8-10-14)18(12-5-6-12)22-17(24)11-23-19(25)15-3-1-2-4-16(15)20(23)26/h1-4,7-10,12,18H,5-6,11H2,(H,22,24). The van der Waals surface area contributed by atoms with Gasteiger partial charge in [0.15, 0.2) is 0 Å². The van der Waals surface area contributed by atoms with Crippen molar-refractivity contribution in [3.63, 3.8) is 0 Å². The van der Waals surface area contributed by atoms with Gasteiger partial charge in [0.2, 0.25) is 5.91 Å². The Hall–Kier alpha value is -2.66. The zero-order chi connectivity index (χ0) is 18.3. The summed E-state index contributed by atoms with van der Waals surface area (Å²) in [4.78, 5) is 38.3. The van der Waals surface area contributed by atoms with Gasteiger partial charge in [0.1, 0.15) is 6.54 Å². The SMILES string of the molecule is O=C(CN1C(=O)c2ccccc2C1=O)NC(c1ccc(Cl)cc1)C1CC1. The van der Waals surface area contributed by atoms with Gasteiger partial charge < -0.3 is 5.32 Å². The molecule has 5 nitrogen and oxygen atoms in total. The topological polar surface area (TPSA) is 66.5 Å². The van der Waals surface area contributed by atoms with E-state index in [1.54, 1.807) is 36.4 Å². The van der Waals surface area contributed by atoms with Gasteiger partial charge in [-0.05, 0) is 48.6 Å². The van der Waals surface area contributed by atoms with Gasteiger partial charge in [0, 0.05) is 5.02 Å². The summed E-state index contributed by atoms with van der Waals surface area (Å²) >= 11 is 5.94. The molecule has 26 heavy (non-hydrogen) atoms. The number of imide groups is 1. The Labute approximate surface area is 155 Å². The van der Waals surface area contributed by atoms with Gasteiger partial charge in [-0.2, -0.15) is 0 Å². The minimum atomic E-state index is -0.421. The van der Waals surface area contributed by atoms with E-state index in [-0.39, 0.29) is 18.5 Å². The lowest BCUT2D eigenvalue weighted by molar-refractivity contribution is -0.122. The lowest BCUT2D eigenvalue weighted by atomic mass is 10.0. The summed E-state index contributed by atoms with van der Waals surface area (Å²) in [5.41, 5.74) is 1.68. The van der Waals surface area contributed by atoms with E-state index < -0.39 is 11.8 Å². The molecule has 6 heteroatoms. The highest BCUT2D eigenvalue weighted by molar-refractivity contribution is 6.30. The molecule has 1 aliphatic carbocycles. The van der Waals surface area contributed by atoms with Gasteiger partial charge in [-0.3, -0.25) is 19.3 Å². The molecule has 0 spiro atoms. The van der Waals surface area contributed by atoms with Gasteiger partial charge in [-0.25, -0.2) is 0 Å². The predicted molar refractivity (Wildman–Crippen MR) is 96.9 cm³/mol. The summed E-state index contributed by atoms with van der Waals surface area (Å²) in [7, 11) is 0. The van der Waals surface area contributed by atoms with Crippen molar-refractivity contribution in [3.05, 3.63) is 70.2 Å². The Balaban J connectivity index is 1.47. The van der Waals surface area contributed by atoms with Crippen LogP contribution in [0.4, 0.5) is 0 Å². The van der Waals surface area contributed by atoms with E-state index in [0.29, 0.717) is 22.1 Å². The Morgan fingerprint density at radius 1 is 1.04 bits per heavy atom. The van der Waals surface area contributed by atoms with Crippen LogP contribution in [0.5, 0.6) is 0 Å². The molecule has 0 radical (unpaired) electrons. The highest BCUT2D eigenvalue weighted by Gasteiger charge is 2.38. The van der Waals surface area contributed by atoms with Crippen molar-refractivity contribution in [3.8, 4) is 0 Å². The summed E-state index contributed by atoms with van der Waals surface area (Å²) in [5, 5.41) is 3.62. The summed E-state index contributed by atoms with van der Waals surface area (Å²) in [6.07, 6.45) is 2.08. The first-order chi connectivity index (χ1) is 12.5. The minimum absolute atomic E-state index is 0.130. The van der Waals surface area contributed by atoms with E-state index in [2.05, 4.69) is 5.32 Å². The maximum Gasteiger partial charge on any atom is 0.262 e. The minimum Gasteiger partial charge on any atom is -0.347 e. The molecule has 0 aromatic heterocycles. The number of hydrogen-bond acceptors (Lipinski definition) is 3. The molecule has 2 aromatic rings. The average molecular weight is 369 g/mol. The van der Waals surface area contributed by atoms with Gasteiger partial charge in [0.25, 0.3) is 11.8 Å². The number of halogens is 1. The van der Waals surface area contributed by atoms with Crippen LogP contribution in [-0.2, 0) is 4.79 Å². The van der Waals surface area contributed by atoms with Gasteiger partial charge in [-0.1, -0.05) is 35.9 Å². The number of carbonyl (C=O) groups excluding carboxylic acids is 3. The molecule has 2 aliphatic rings. The van der Waals surface area contributed by atoms with E-state index in [0.717, 1.165) is 23.3 Å². The van der Waals surface area contributed by atoms with Crippen molar-refractivity contribution in [1.29, 1.82) is 0 Å². The fourth-order valence-electron chi connectivity index (χ4n) is 3.32. The second kappa shape index (κ2) is 6.57. The van der Waals surface area contributed by atoms with Gasteiger partial charge >= 0.3 is 0 Å². The Morgan fingerprint density at radius 2 is 1.62 bits per heavy atom. The molecular formula is C20H17ClN2O3. The summed E-state index contributed by atoms with van der Waals surface area (Å²) in [6.45, 7) is -0.275.